The van der Waals surface area contributed by atoms with Gasteiger partial charge in [0, 0.05) is 49.6 Å². The van der Waals surface area contributed by atoms with E-state index < -0.39 is 33.8 Å². The van der Waals surface area contributed by atoms with Crippen molar-refractivity contribution in [3.05, 3.63) is 63.9 Å². The Morgan fingerprint density at radius 1 is 1.22 bits per heavy atom. The number of likely N-dealkylation sites (N-methyl/N-ethyl adjacent to an activating group) is 2. The van der Waals surface area contributed by atoms with Crippen LogP contribution in [0.1, 0.15) is 28.4 Å². The number of hydrogen-bond donors (Lipinski definition) is 2. The van der Waals surface area contributed by atoms with Gasteiger partial charge in [-0.2, -0.15) is 0 Å². The van der Waals surface area contributed by atoms with Gasteiger partial charge in [0.15, 0.2) is 5.82 Å². The summed E-state index contributed by atoms with van der Waals surface area (Å²) in [6, 6.07) is 6.29. The molecule has 170 valence electrons. The fraction of sp³-hybridized carbons (Fsp3) is 0.304. The van der Waals surface area contributed by atoms with Crippen molar-refractivity contribution in [1.29, 1.82) is 0 Å². The summed E-state index contributed by atoms with van der Waals surface area (Å²) in [5.41, 5.74) is 1.68. The Balaban J connectivity index is 1.89. The van der Waals surface area contributed by atoms with Crippen molar-refractivity contribution in [3.63, 3.8) is 0 Å². The van der Waals surface area contributed by atoms with E-state index in [1.165, 1.54) is 11.0 Å². The first-order valence-corrected chi connectivity index (χ1v) is 10.5. The first-order chi connectivity index (χ1) is 15.1. The molecule has 0 saturated carbocycles. The molecule has 9 heteroatoms. The van der Waals surface area contributed by atoms with Crippen molar-refractivity contribution >= 4 is 29.1 Å². The van der Waals surface area contributed by atoms with Crippen LogP contribution in [0.15, 0.2) is 36.4 Å². The molecule has 1 aliphatic heterocycles. The lowest BCUT2D eigenvalue weighted by atomic mass is 10.1. The summed E-state index contributed by atoms with van der Waals surface area (Å²) in [6.45, 7) is 3.23. The maximum Gasteiger partial charge on any atom is 0.261 e. The third-order valence-electron chi connectivity index (χ3n) is 5.23. The molecular weight excluding hydrogens is 437 g/mol. The molecule has 2 aromatic carbocycles. The standard InChI is InChI=1S/C23H25ClFN3O4/c1-4-28(19(31)9-6-10-26(2)3)16-8-5-7-14-12-27(13-15(14)16)23(32)20-17(29)11-18(30)21(24)22(20)25/h5-9,11,29-30H,4,10,12-13H2,1-3H3/b9-6+. The summed E-state index contributed by atoms with van der Waals surface area (Å²) in [4.78, 5) is 30.7. The Labute approximate surface area is 190 Å². The second-order valence-corrected chi connectivity index (χ2v) is 8.12. The van der Waals surface area contributed by atoms with Crippen LogP contribution in [-0.2, 0) is 17.9 Å². The van der Waals surface area contributed by atoms with E-state index in [-0.39, 0.29) is 19.0 Å². The van der Waals surface area contributed by atoms with Crippen molar-refractivity contribution in [3.8, 4) is 11.5 Å². The molecule has 1 heterocycles. The largest absolute Gasteiger partial charge is 0.507 e. The highest BCUT2D eigenvalue weighted by Crippen LogP contribution is 2.38. The molecule has 0 fully saturated rings. The molecule has 7 nitrogen and oxygen atoms in total. The number of benzene rings is 2. The molecule has 2 aromatic rings. The fourth-order valence-electron chi connectivity index (χ4n) is 3.66. The van der Waals surface area contributed by atoms with Gasteiger partial charge in [0.2, 0.25) is 0 Å². The number of phenols is 2. The summed E-state index contributed by atoms with van der Waals surface area (Å²) in [7, 11) is 3.81. The van der Waals surface area contributed by atoms with Crippen molar-refractivity contribution in [2.24, 2.45) is 0 Å². The van der Waals surface area contributed by atoms with E-state index in [1.54, 1.807) is 17.0 Å². The Morgan fingerprint density at radius 3 is 2.59 bits per heavy atom. The van der Waals surface area contributed by atoms with E-state index in [1.807, 2.05) is 38.1 Å². The van der Waals surface area contributed by atoms with Crippen LogP contribution in [-0.4, -0.2) is 59.0 Å². The molecule has 0 saturated heterocycles. The Morgan fingerprint density at radius 2 is 1.94 bits per heavy atom. The van der Waals surface area contributed by atoms with Crippen molar-refractivity contribution < 1.29 is 24.2 Å². The van der Waals surface area contributed by atoms with Gasteiger partial charge in [-0.15, -0.1) is 0 Å². The number of carbonyl (C=O) groups excluding carboxylic acids is 2. The first-order valence-electron chi connectivity index (χ1n) is 10.1. The Hall–Kier alpha value is -3.10. The number of halogens is 2. The number of rotatable bonds is 6. The zero-order valence-electron chi connectivity index (χ0n) is 18.1. The van der Waals surface area contributed by atoms with Crippen LogP contribution < -0.4 is 4.90 Å². The van der Waals surface area contributed by atoms with Crippen LogP contribution in [0.2, 0.25) is 5.02 Å². The minimum absolute atomic E-state index is 0.132. The highest BCUT2D eigenvalue weighted by Gasteiger charge is 2.32. The topological polar surface area (TPSA) is 84.3 Å². The van der Waals surface area contributed by atoms with Gasteiger partial charge in [0.1, 0.15) is 22.1 Å². The molecule has 0 atom stereocenters. The smallest absolute Gasteiger partial charge is 0.261 e. The minimum Gasteiger partial charge on any atom is -0.507 e. The van der Waals surface area contributed by atoms with Gasteiger partial charge in [0.25, 0.3) is 11.8 Å². The number of amides is 2. The van der Waals surface area contributed by atoms with E-state index >= 15 is 0 Å². The van der Waals surface area contributed by atoms with E-state index in [0.717, 1.165) is 17.2 Å². The molecule has 0 aromatic heterocycles. The van der Waals surface area contributed by atoms with Crippen LogP contribution in [0.4, 0.5) is 10.1 Å². The zero-order valence-corrected chi connectivity index (χ0v) is 18.9. The Kier molecular flexibility index (Phi) is 7.06. The second kappa shape index (κ2) is 9.58. The van der Waals surface area contributed by atoms with Crippen LogP contribution in [0, 0.1) is 5.82 Å². The Bertz CT molecular complexity index is 1090. The summed E-state index contributed by atoms with van der Waals surface area (Å²) < 4.78 is 14.5. The van der Waals surface area contributed by atoms with Crippen molar-refractivity contribution in [2.75, 3.05) is 32.1 Å². The summed E-state index contributed by atoms with van der Waals surface area (Å²) in [5.74, 6) is -3.46. The molecule has 0 unspecified atom stereocenters. The molecule has 0 radical (unpaired) electrons. The van der Waals surface area contributed by atoms with Crippen molar-refractivity contribution in [1.82, 2.24) is 9.80 Å². The lowest BCUT2D eigenvalue weighted by Crippen LogP contribution is -2.30. The van der Waals surface area contributed by atoms with E-state index in [9.17, 15) is 24.2 Å². The number of carbonyl (C=O) groups is 2. The maximum atomic E-state index is 14.5. The number of nitrogens with zero attached hydrogens (tertiary/aromatic N) is 3. The number of phenolic OH excluding ortho intramolecular Hbond substituents is 2. The molecule has 0 bridgehead atoms. The highest BCUT2D eigenvalue weighted by atomic mass is 35.5. The molecular formula is C23H25ClFN3O4. The predicted molar refractivity (Wildman–Crippen MR) is 120 cm³/mol. The average molecular weight is 462 g/mol. The monoisotopic (exact) mass is 461 g/mol. The van der Waals surface area contributed by atoms with Crippen LogP contribution in [0.5, 0.6) is 11.5 Å². The van der Waals surface area contributed by atoms with Crippen LogP contribution >= 0.6 is 11.6 Å². The van der Waals surface area contributed by atoms with Gasteiger partial charge in [0.05, 0.1) is 0 Å². The lowest BCUT2D eigenvalue weighted by molar-refractivity contribution is -0.114. The number of anilines is 1. The first kappa shape index (κ1) is 23.6. The highest BCUT2D eigenvalue weighted by molar-refractivity contribution is 6.32. The minimum atomic E-state index is -1.18. The second-order valence-electron chi connectivity index (χ2n) is 7.74. The maximum absolute atomic E-state index is 14.5. The molecule has 3 rings (SSSR count). The van der Waals surface area contributed by atoms with E-state index in [4.69, 9.17) is 11.6 Å². The molecule has 32 heavy (non-hydrogen) atoms. The van der Waals surface area contributed by atoms with Gasteiger partial charge in [-0.25, -0.2) is 4.39 Å². The molecule has 2 N–H and O–H groups in total. The van der Waals surface area contributed by atoms with Gasteiger partial charge >= 0.3 is 0 Å². The quantitative estimate of drug-likeness (QED) is 0.643. The van der Waals surface area contributed by atoms with Crippen LogP contribution in [0.25, 0.3) is 0 Å². The molecule has 2 amide bonds. The van der Waals surface area contributed by atoms with Crippen molar-refractivity contribution in [2.45, 2.75) is 20.0 Å². The third-order valence-corrected chi connectivity index (χ3v) is 5.59. The summed E-state index contributed by atoms with van der Waals surface area (Å²) in [5, 5.41) is 19.0. The summed E-state index contributed by atoms with van der Waals surface area (Å²) >= 11 is 5.72. The number of aromatic hydroxyl groups is 2. The lowest BCUT2D eigenvalue weighted by Gasteiger charge is -2.23. The SMILES string of the molecule is CCN(C(=O)/C=C/CN(C)C)c1cccc2c1CN(C(=O)c1c(O)cc(O)c(Cl)c1F)C2. The molecule has 0 aliphatic carbocycles. The van der Waals surface area contributed by atoms with Gasteiger partial charge < -0.3 is 24.9 Å². The molecule has 1 aliphatic rings. The normalized spacial score (nSPS) is 13.1. The van der Waals surface area contributed by atoms with Crippen LogP contribution in [0.3, 0.4) is 0 Å². The predicted octanol–water partition coefficient (Wildman–Crippen LogP) is 3.52. The van der Waals surface area contributed by atoms with Gasteiger partial charge in [-0.3, -0.25) is 9.59 Å². The fourth-order valence-corrected chi connectivity index (χ4v) is 3.81. The average Bonchev–Trinajstić information content (AvgIpc) is 3.17. The number of fused-ring (bicyclic) bond motifs is 1. The van der Waals surface area contributed by atoms with Gasteiger partial charge in [-0.05, 0) is 32.6 Å². The third kappa shape index (κ3) is 4.56. The van der Waals surface area contributed by atoms with E-state index in [0.29, 0.717) is 18.8 Å². The number of hydrogen-bond acceptors (Lipinski definition) is 5. The van der Waals surface area contributed by atoms with Gasteiger partial charge in [-0.1, -0.05) is 29.8 Å². The molecule has 0 spiro atoms. The zero-order chi connectivity index (χ0) is 23.6. The van der Waals surface area contributed by atoms with E-state index in [2.05, 4.69) is 0 Å². The summed E-state index contributed by atoms with van der Waals surface area (Å²) in [6.07, 6.45) is 3.30.